The van der Waals surface area contributed by atoms with E-state index in [0.29, 0.717) is 31.4 Å². The normalized spacial score (nSPS) is 14.0. The number of hydrogen-bond donors (Lipinski definition) is 2. The van der Waals surface area contributed by atoms with Crippen molar-refractivity contribution < 1.29 is 13.9 Å². The van der Waals surface area contributed by atoms with Crippen molar-refractivity contribution in [2.24, 2.45) is 4.99 Å². The molecule has 1 saturated heterocycles. The van der Waals surface area contributed by atoms with Gasteiger partial charge in [0.15, 0.2) is 5.96 Å². The largest absolute Gasteiger partial charge is 0.492 e. The summed E-state index contributed by atoms with van der Waals surface area (Å²) in [6.07, 6.45) is 2.15. The Morgan fingerprint density at radius 1 is 1.32 bits per heavy atom. The van der Waals surface area contributed by atoms with E-state index in [0.717, 1.165) is 25.9 Å². The fourth-order valence-electron chi connectivity index (χ4n) is 2.45. The molecule has 2 N–H and O–H groups in total. The summed E-state index contributed by atoms with van der Waals surface area (Å²) in [5, 5.41) is 6.19. The molecule has 25 heavy (non-hydrogen) atoms. The number of aliphatic imine (C=N–C) groups is 1. The maximum Gasteiger partial charge on any atom is 0.244 e. The zero-order valence-electron chi connectivity index (χ0n) is 14.5. The van der Waals surface area contributed by atoms with Crippen LogP contribution < -0.4 is 15.4 Å². The molecular formula is C17H26FIN4O2. The van der Waals surface area contributed by atoms with Gasteiger partial charge in [-0.15, -0.1) is 24.0 Å². The van der Waals surface area contributed by atoms with E-state index < -0.39 is 0 Å². The van der Waals surface area contributed by atoms with Crippen molar-refractivity contribution in [2.45, 2.75) is 19.8 Å². The van der Waals surface area contributed by atoms with Gasteiger partial charge in [0, 0.05) is 25.7 Å². The number of rotatable bonds is 7. The number of hydrogen-bond acceptors (Lipinski definition) is 3. The number of ether oxygens (including phenoxy) is 1. The lowest BCUT2D eigenvalue weighted by molar-refractivity contribution is -0.128. The highest BCUT2D eigenvalue weighted by Crippen LogP contribution is 2.11. The molecule has 0 aliphatic carbocycles. The van der Waals surface area contributed by atoms with Crippen molar-refractivity contribution in [2.75, 3.05) is 39.3 Å². The van der Waals surface area contributed by atoms with Gasteiger partial charge in [-0.3, -0.25) is 4.79 Å². The Balaban J connectivity index is 0.00000312. The molecule has 1 aliphatic rings. The van der Waals surface area contributed by atoms with Gasteiger partial charge in [0.05, 0.1) is 6.54 Å². The second-order valence-corrected chi connectivity index (χ2v) is 5.52. The minimum absolute atomic E-state index is 0. The Kier molecular flexibility index (Phi) is 10.2. The molecule has 1 fully saturated rings. The Morgan fingerprint density at radius 3 is 2.76 bits per heavy atom. The average molecular weight is 464 g/mol. The summed E-state index contributed by atoms with van der Waals surface area (Å²) < 4.78 is 18.5. The van der Waals surface area contributed by atoms with Crippen molar-refractivity contribution in [3.8, 4) is 5.75 Å². The van der Waals surface area contributed by atoms with Crippen molar-refractivity contribution in [3.05, 3.63) is 30.1 Å². The first-order chi connectivity index (χ1) is 11.7. The van der Waals surface area contributed by atoms with Crippen LogP contribution in [0.3, 0.4) is 0 Å². The molecule has 0 radical (unpaired) electrons. The van der Waals surface area contributed by atoms with E-state index in [1.54, 1.807) is 12.1 Å². The first kappa shape index (κ1) is 21.5. The molecule has 1 aromatic rings. The molecule has 0 aromatic heterocycles. The number of nitrogens with one attached hydrogen (secondary N) is 2. The maximum absolute atomic E-state index is 13.0. The zero-order valence-corrected chi connectivity index (χ0v) is 16.8. The molecule has 2 rings (SSSR count). The first-order valence-electron chi connectivity index (χ1n) is 8.37. The van der Waals surface area contributed by atoms with Crippen LogP contribution >= 0.6 is 24.0 Å². The van der Waals surface area contributed by atoms with Crippen LogP contribution in [0.25, 0.3) is 0 Å². The van der Waals surface area contributed by atoms with Crippen LogP contribution in [0.4, 0.5) is 4.39 Å². The SMILES string of the molecule is CCNC(=NCC(=O)N1CCCC1)NCCOc1cccc(F)c1.I. The van der Waals surface area contributed by atoms with Crippen molar-refractivity contribution in [3.63, 3.8) is 0 Å². The summed E-state index contributed by atoms with van der Waals surface area (Å²) in [6.45, 7) is 5.34. The number of guanidine groups is 1. The fourth-order valence-corrected chi connectivity index (χ4v) is 2.45. The molecule has 1 aromatic carbocycles. The fraction of sp³-hybridized carbons (Fsp3) is 0.529. The lowest BCUT2D eigenvalue weighted by Crippen LogP contribution is -2.40. The summed E-state index contributed by atoms with van der Waals surface area (Å²) in [5.74, 6) is 0.798. The Hall–Kier alpha value is -1.58. The number of carbonyl (C=O) groups is 1. The van der Waals surface area contributed by atoms with E-state index in [1.807, 2.05) is 11.8 Å². The van der Waals surface area contributed by atoms with E-state index in [-0.39, 0.29) is 42.2 Å². The van der Waals surface area contributed by atoms with Crippen molar-refractivity contribution in [1.82, 2.24) is 15.5 Å². The smallest absolute Gasteiger partial charge is 0.244 e. The topological polar surface area (TPSA) is 66.0 Å². The third-order valence-electron chi connectivity index (χ3n) is 3.63. The number of halogens is 2. The van der Waals surface area contributed by atoms with Gasteiger partial charge in [-0.2, -0.15) is 0 Å². The predicted octanol–water partition coefficient (Wildman–Crippen LogP) is 2.00. The van der Waals surface area contributed by atoms with E-state index in [4.69, 9.17) is 4.74 Å². The summed E-state index contributed by atoms with van der Waals surface area (Å²) in [6, 6.07) is 6.02. The summed E-state index contributed by atoms with van der Waals surface area (Å²) >= 11 is 0. The third-order valence-corrected chi connectivity index (χ3v) is 3.63. The molecule has 1 aliphatic heterocycles. The molecule has 8 heteroatoms. The quantitative estimate of drug-likeness (QED) is 0.281. The minimum atomic E-state index is -0.323. The van der Waals surface area contributed by atoms with Gasteiger partial charge >= 0.3 is 0 Å². The summed E-state index contributed by atoms with van der Waals surface area (Å²) in [4.78, 5) is 18.2. The number of benzene rings is 1. The third kappa shape index (κ3) is 7.89. The molecular weight excluding hydrogens is 438 g/mol. The van der Waals surface area contributed by atoms with E-state index >= 15 is 0 Å². The number of nitrogens with zero attached hydrogens (tertiary/aromatic N) is 2. The highest BCUT2D eigenvalue weighted by atomic mass is 127. The second-order valence-electron chi connectivity index (χ2n) is 5.52. The molecule has 1 heterocycles. The molecule has 0 bridgehead atoms. The molecule has 1 amide bonds. The molecule has 0 unspecified atom stereocenters. The van der Waals surface area contributed by atoms with Crippen LogP contribution in [0.1, 0.15) is 19.8 Å². The minimum Gasteiger partial charge on any atom is -0.492 e. The highest BCUT2D eigenvalue weighted by molar-refractivity contribution is 14.0. The molecule has 0 spiro atoms. The monoisotopic (exact) mass is 464 g/mol. The van der Waals surface area contributed by atoms with Crippen LogP contribution in [0.5, 0.6) is 5.75 Å². The average Bonchev–Trinajstić information content (AvgIpc) is 3.11. The van der Waals surface area contributed by atoms with Gasteiger partial charge in [0.2, 0.25) is 5.91 Å². The van der Waals surface area contributed by atoms with Crippen LogP contribution in [-0.4, -0.2) is 56.1 Å². The lowest BCUT2D eigenvalue weighted by atomic mass is 10.3. The summed E-state index contributed by atoms with van der Waals surface area (Å²) in [5.41, 5.74) is 0. The Bertz CT molecular complexity index is 565. The van der Waals surface area contributed by atoms with Gasteiger partial charge in [-0.1, -0.05) is 6.07 Å². The van der Waals surface area contributed by atoms with Crippen LogP contribution in [-0.2, 0) is 4.79 Å². The highest BCUT2D eigenvalue weighted by Gasteiger charge is 2.17. The molecule has 0 atom stereocenters. The Labute approximate surface area is 165 Å². The van der Waals surface area contributed by atoms with Gasteiger partial charge < -0.3 is 20.3 Å². The maximum atomic E-state index is 13.0. The standard InChI is InChI=1S/C17H25FN4O2.HI/c1-2-19-17(21-13-16(23)22-9-3-4-10-22)20-8-11-24-15-7-5-6-14(18)12-15;/h5-7,12H,2-4,8-11,13H2,1H3,(H2,19,20,21);1H. The van der Waals surface area contributed by atoms with Gasteiger partial charge in [-0.05, 0) is 31.9 Å². The van der Waals surface area contributed by atoms with Crippen LogP contribution in [0, 0.1) is 5.82 Å². The summed E-state index contributed by atoms with van der Waals surface area (Å²) in [7, 11) is 0. The number of likely N-dealkylation sites (tertiary alicyclic amines) is 1. The molecule has 140 valence electrons. The molecule has 0 saturated carbocycles. The first-order valence-corrected chi connectivity index (χ1v) is 8.37. The predicted molar refractivity (Wildman–Crippen MR) is 107 cm³/mol. The zero-order chi connectivity index (χ0) is 17.2. The molecule has 6 nitrogen and oxygen atoms in total. The van der Waals surface area contributed by atoms with E-state index in [2.05, 4.69) is 15.6 Å². The number of amides is 1. The van der Waals surface area contributed by atoms with Crippen LogP contribution in [0.15, 0.2) is 29.3 Å². The van der Waals surface area contributed by atoms with E-state index in [9.17, 15) is 9.18 Å². The van der Waals surface area contributed by atoms with Gasteiger partial charge in [0.25, 0.3) is 0 Å². The number of carbonyl (C=O) groups excluding carboxylic acids is 1. The van der Waals surface area contributed by atoms with Gasteiger partial charge in [-0.25, -0.2) is 9.38 Å². The van der Waals surface area contributed by atoms with Gasteiger partial charge in [0.1, 0.15) is 24.7 Å². The van der Waals surface area contributed by atoms with Crippen LogP contribution in [0.2, 0.25) is 0 Å². The second kappa shape index (κ2) is 11.9. The van der Waals surface area contributed by atoms with E-state index in [1.165, 1.54) is 12.1 Å². The van der Waals surface area contributed by atoms with Crippen molar-refractivity contribution in [1.29, 1.82) is 0 Å². The Morgan fingerprint density at radius 2 is 2.08 bits per heavy atom. The lowest BCUT2D eigenvalue weighted by Gasteiger charge is -2.15. The van der Waals surface area contributed by atoms with Crippen molar-refractivity contribution >= 4 is 35.8 Å².